The third-order valence-corrected chi connectivity index (χ3v) is 5.39. The van der Waals surface area contributed by atoms with E-state index in [0.717, 1.165) is 25.7 Å². The quantitative estimate of drug-likeness (QED) is 0.904. The fraction of sp³-hybridized carbons (Fsp3) is 0.786. The second kappa shape index (κ2) is 5.76. The molecule has 0 aromatic carbocycles. The molecule has 0 unspecified atom stereocenters. The molecule has 0 radical (unpaired) electrons. The molecule has 0 spiro atoms. The monoisotopic (exact) mass is 295 g/mol. The van der Waals surface area contributed by atoms with Crippen molar-refractivity contribution in [1.82, 2.24) is 15.5 Å². The van der Waals surface area contributed by atoms with E-state index in [1.54, 1.807) is 18.7 Å². The molecule has 2 aliphatic rings. The van der Waals surface area contributed by atoms with Crippen LogP contribution in [0.2, 0.25) is 0 Å². The van der Waals surface area contributed by atoms with E-state index in [-0.39, 0.29) is 5.91 Å². The first kappa shape index (κ1) is 13.9. The highest BCUT2D eigenvalue weighted by molar-refractivity contribution is 8.00. The molecule has 2 aliphatic carbocycles. The second-order valence-electron chi connectivity index (χ2n) is 5.84. The molecule has 3 rings (SSSR count). The molecule has 0 atom stereocenters. The molecule has 2 fully saturated rings. The first-order valence-electron chi connectivity index (χ1n) is 7.41. The van der Waals surface area contributed by atoms with Crippen LogP contribution in [-0.2, 0) is 10.3 Å². The van der Waals surface area contributed by atoms with Gasteiger partial charge in [-0.25, -0.2) is 0 Å². The smallest absolute Gasteiger partial charge is 0.230 e. The van der Waals surface area contributed by atoms with Crippen LogP contribution in [0.15, 0.2) is 4.52 Å². The molecule has 5 nitrogen and oxygen atoms in total. The minimum absolute atomic E-state index is 0.103. The third-order valence-electron chi connectivity index (χ3n) is 4.02. The molecular weight excluding hydrogens is 274 g/mol. The van der Waals surface area contributed by atoms with Crippen molar-refractivity contribution >= 4 is 17.7 Å². The summed E-state index contributed by atoms with van der Waals surface area (Å²) in [5.74, 6) is 1.86. The van der Waals surface area contributed by atoms with Gasteiger partial charge in [0.15, 0.2) is 5.82 Å². The lowest BCUT2D eigenvalue weighted by Crippen LogP contribution is -2.48. The van der Waals surface area contributed by atoms with Crippen molar-refractivity contribution in [2.75, 3.05) is 5.75 Å². The standard InChI is InChI=1S/C14H21N3O2S/c1-10-15-13(17-19-10)14(7-3-2-4-8-14)16-12(18)9-20-11-5-6-11/h11H,2-9H2,1H3,(H,16,18). The summed E-state index contributed by atoms with van der Waals surface area (Å²) in [5, 5.41) is 7.97. The van der Waals surface area contributed by atoms with Crippen LogP contribution in [-0.4, -0.2) is 27.1 Å². The number of hydrogen-bond donors (Lipinski definition) is 1. The summed E-state index contributed by atoms with van der Waals surface area (Å²) in [4.78, 5) is 16.6. The van der Waals surface area contributed by atoms with E-state index < -0.39 is 5.54 Å². The van der Waals surface area contributed by atoms with Crippen molar-refractivity contribution in [2.45, 2.75) is 62.7 Å². The van der Waals surface area contributed by atoms with Crippen LogP contribution in [0.4, 0.5) is 0 Å². The minimum Gasteiger partial charge on any atom is -0.343 e. The maximum atomic E-state index is 12.2. The van der Waals surface area contributed by atoms with E-state index in [1.165, 1.54) is 19.3 Å². The number of aryl methyl sites for hydroxylation is 1. The fourth-order valence-corrected chi connectivity index (χ4v) is 3.71. The van der Waals surface area contributed by atoms with Crippen LogP contribution in [0, 0.1) is 6.92 Å². The Hall–Kier alpha value is -1.04. The van der Waals surface area contributed by atoms with Gasteiger partial charge in [0, 0.05) is 12.2 Å². The van der Waals surface area contributed by atoms with Crippen molar-refractivity contribution in [3.05, 3.63) is 11.7 Å². The predicted octanol–water partition coefficient (Wildman–Crippen LogP) is 2.55. The van der Waals surface area contributed by atoms with Crippen LogP contribution in [0.1, 0.15) is 56.7 Å². The van der Waals surface area contributed by atoms with Gasteiger partial charge in [0.05, 0.1) is 5.75 Å². The molecule has 6 heteroatoms. The average molecular weight is 295 g/mol. The Morgan fingerprint density at radius 3 is 2.75 bits per heavy atom. The Labute approximate surface area is 123 Å². The zero-order chi connectivity index (χ0) is 14.0. The van der Waals surface area contributed by atoms with Crippen LogP contribution in [0.5, 0.6) is 0 Å². The van der Waals surface area contributed by atoms with Gasteiger partial charge in [-0.3, -0.25) is 4.79 Å². The predicted molar refractivity (Wildman–Crippen MR) is 77.4 cm³/mol. The molecule has 0 aliphatic heterocycles. The van der Waals surface area contributed by atoms with Crippen molar-refractivity contribution in [1.29, 1.82) is 0 Å². The van der Waals surface area contributed by atoms with Gasteiger partial charge in [-0.1, -0.05) is 24.4 Å². The molecule has 1 N–H and O–H groups in total. The molecule has 1 heterocycles. The number of nitrogens with one attached hydrogen (secondary N) is 1. The van der Waals surface area contributed by atoms with E-state index in [1.807, 2.05) is 0 Å². The molecule has 1 aromatic heterocycles. The van der Waals surface area contributed by atoms with Gasteiger partial charge in [-0.2, -0.15) is 4.98 Å². The SMILES string of the molecule is Cc1nc(C2(NC(=O)CSC3CC3)CCCCC2)no1. The van der Waals surface area contributed by atoms with Crippen molar-refractivity contribution in [3.8, 4) is 0 Å². The van der Waals surface area contributed by atoms with Crippen molar-refractivity contribution < 1.29 is 9.32 Å². The Balaban J connectivity index is 1.69. The van der Waals surface area contributed by atoms with E-state index in [4.69, 9.17) is 4.52 Å². The molecule has 110 valence electrons. The topological polar surface area (TPSA) is 68.0 Å². The van der Waals surface area contributed by atoms with E-state index in [9.17, 15) is 4.79 Å². The molecule has 1 aromatic rings. The summed E-state index contributed by atoms with van der Waals surface area (Å²) in [7, 11) is 0. The van der Waals surface area contributed by atoms with Gasteiger partial charge in [0.2, 0.25) is 11.8 Å². The Morgan fingerprint density at radius 1 is 1.40 bits per heavy atom. The number of aromatic nitrogens is 2. The van der Waals surface area contributed by atoms with Gasteiger partial charge in [-0.05, 0) is 25.7 Å². The zero-order valence-corrected chi connectivity index (χ0v) is 12.7. The summed E-state index contributed by atoms with van der Waals surface area (Å²) in [5.41, 5.74) is -0.406. The van der Waals surface area contributed by atoms with Gasteiger partial charge in [-0.15, -0.1) is 11.8 Å². The molecular formula is C14H21N3O2S. The number of carbonyl (C=O) groups is 1. The summed E-state index contributed by atoms with van der Waals surface area (Å²) >= 11 is 1.76. The lowest BCUT2D eigenvalue weighted by atomic mass is 9.81. The van der Waals surface area contributed by atoms with E-state index in [0.29, 0.717) is 22.7 Å². The average Bonchev–Trinajstić information content (AvgIpc) is 3.17. The van der Waals surface area contributed by atoms with Crippen LogP contribution in [0.3, 0.4) is 0 Å². The first-order chi connectivity index (χ1) is 9.68. The lowest BCUT2D eigenvalue weighted by molar-refractivity contribution is -0.121. The number of rotatable bonds is 5. The van der Waals surface area contributed by atoms with Crippen molar-refractivity contribution in [3.63, 3.8) is 0 Å². The van der Waals surface area contributed by atoms with Gasteiger partial charge in [0.1, 0.15) is 5.54 Å². The number of amides is 1. The fourth-order valence-electron chi connectivity index (χ4n) is 2.78. The molecule has 2 saturated carbocycles. The highest BCUT2D eigenvalue weighted by Gasteiger charge is 2.39. The summed E-state index contributed by atoms with van der Waals surface area (Å²) in [6, 6.07) is 0. The highest BCUT2D eigenvalue weighted by atomic mass is 32.2. The molecule has 0 bridgehead atoms. The molecule has 20 heavy (non-hydrogen) atoms. The molecule has 0 saturated heterocycles. The lowest BCUT2D eigenvalue weighted by Gasteiger charge is -2.35. The largest absolute Gasteiger partial charge is 0.343 e. The number of nitrogens with zero attached hydrogens (tertiary/aromatic N) is 2. The first-order valence-corrected chi connectivity index (χ1v) is 8.46. The molecule has 1 amide bonds. The maximum Gasteiger partial charge on any atom is 0.230 e. The summed E-state index contributed by atoms with van der Waals surface area (Å²) < 4.78 is 5.11. The number of carbonyl (C=O) groups excluding carboxylic acids is 1. The Bertz CT molecular complexity index is 479. The van der Waals surface area contributed by atoms with Gasteiger partial charge >= 0.3 is 0 Å². The summed E-state index contributed by atoms with van der Waals surface area (Å²) in [6.45, 7) is 1.79. The third kappa shape index (κ3) is 3.16. The van der Waals surface area contributed by atoms with Crippen LogP contribution >= 0.6 is 11.8 Å². The number of hydrogen-bond acceptors (Lipinski definition) is 5. The van der Waals surface area contributed by atoms with Gasteiger partial charge in [0.25, 0.3) is 0 Å². The highest BCUT2D eigenvalue weighted by Crippen LogP contribution is 2.37. The van der Waals surface area contributed by atoms with E-state index >= 15 is 0 Å². The maximum absolute atomic E-state index is 12.2. The number of thioether (sulfide) groups is 1. The van der Waals surface area contributed by atoms with E-state index in [2.05, 4.69) is 15.5 Å². The summed E-state index contributed by atoms with van der Waals surface area (Å²) in [6.07, 6.45) is 7.75. The zero-order valence-electron chi connectivity index (χ0n) is 11.9. The van der Waals surface area contributed by atoms with Gasteiger partial charge < -0.3 is 9.84 Å². The van der Waals surface area contributed by atoms with Crippen LogP contribution in [0.25, 0.3) is 0 Å². The van der Waals surface area contributed by atoms with Crippen LogP contribution < -0.4 is 5.32 Å². The Morgan fingerprint density at radius 2 is 2.15 bits per heavy atom. The Kier molecular flexibility index (Phi) is 4.01. The normalized spacial score (nSPS) is 21.6. The second-order valence-corrected chi connectivity index (χ2v) is 7.13. The van der Waals surface area contributed by atoms with Crippen molar-refractivity contribution in [2.24, 2.45) is 0 Å². The minimum atomic E-state index is -0.406.